The van der Waals surface area contributed by atoms with Crippen molar-refractivity contribution >= 4 is 11.4 Å². The highest BCUT2D eigenvalue weighted by atomic mass is 15.1. The van der Waals surface area contributed by atoms with Crippen molar-refractivity contribution in [3.05, 3.63) is 86.0 Å². The van der Waals surface area contributed by atoms with Gasteiger partial charge in [0.1, 0.15) is 24.8 Å². The third-order valence-corrected chi connectivity index (χ3v) is 5.56. The molecule has 2 aromatic carbocycles. The molecule has 0 spiro atoms. The fourth-order valence-corrected chi connectivity index (χ4v) is 3.77. The summed E-state index contributed by atoms with van der Waals surface area (Å²) in [5.74, 6) is 0. The molecule has 2 heterocycles. The summed E-state index contributed by atoms with van der Waals surface area (Å²) in [6.07, 6.45) is 17.7. The highest BCUT2D eigenvalue weighted by Gasteiger charge is 2.15. The van der Waals surface area contributed by atoms with Crippen LogP contribution in [0.4, 0.5) is 11.4 Å². The summed E-state index contributed by atoms with van der Waals surface area (Å²) in [4.78, 5) is 0. The Hall–Kier alpha value is -3.34. The van der Waals surface area contributed by atoms with E-state index in [0.29, 0.717) is 0 Å². The van der Waals surface area contributed by atoms with Gasteiger partial charge < -0.3 is 5.32 Å². The number of aryl methyl sites for hydroxylation is 2. The van der Waals surface area contributed by atoms with Crippen LogP contribution in [-0.2, 0) is 13.1 Å². The lowest BCUT2D eigenvalue weighted by atomic mass is 10.2. The number of hydrogen-bond donors (Lipinski definition) is 1. The number of hydrogen-bond acceptors (Lipinski definition) is 1. The molecule has 0 saturated carbocycles. The van der Waals surface area contributed by atoms with Crippen molar-refractivity contribution in [3.63, 3.8) is 0 Å². The quantitative estimate of drug-likeness (QED) is 0.355. The summed E-state index contributed by atoms with van der Waals surface area (Å²) in [6.45, 7) is 6.55. The van der Waals surface area contributed by atoms with Crippen LogP contribution in [0.5, 0.6) is 0 Å². The average molecular weight is 416 g/mol. The van der Waals surface area contributed by atoms with Crippen LogP contribution in [0.3, 0.4) is 0 Å². The van der Waals surface area contributed by atoms with Crippen LogP contribution in [0.15, 0.2) is 86.0 Å². The number of benzene rings is 2. The van der Waals surface area contributed by atoms with Crippen molar-refractivity contribution in [1.82, 2.24) is 9.13 Å². The molecular weight excluding hydrogens is 382 g/mol. The minimum atomic E-state index is 1.05. The van der Waals surface area contributed by atoms with Crippen LogP contribution >= 0.6 is 0 Å². The van der Waals surface area contributed by atoms with E-state index >= 15 is 0 Å². The molecule has 0 unspecified atom stereocenters. The monoisotopic (exact) mass is 415 g/mol. The van der Waals surface area contributed by atoms with Gasteiger partial charge in [0.25, 0.3) is 0 Å². The zero-order valence-electron chi connectivity index (χ0n) is 18.6. The summed E-state index contributed by atoms with van der Waals surface area (Å²) in [6, 6.07) is 16.9. The van der Waals surface area contributed by atoms with E-state index in [1.165, 1.54) is 25.7 Å². The molecule has 0 atom stereocenters. The third-order valence-electron chi connectivity index (χ3n) is 5.56. The van der Waals surface area contributed by atoms with Gasteiger partial charge in [-0.3, -0.25) is 0 Å². The summed E-state index contributed by atoms with van der Waals surface area (Å²) < 4.78 is 8.89. The number of anilines is 2. The first-order chi connectivity index (χ1) is 15.3. The van der Waals surface area contributed by atoms with Crippen molar-refractivity contribution in [2.24, 2.45) is 0 Å². The highest BCUT2D eigenvalue weighted by molar-refractivity contribution is 5.74. The summed E-state index contributed by atoms with van der Waals surface area (Å²) >= 11 is 0. The number of unbranched alkanes of at least 4 members (excludes halogenated alkanes) is 2. The largest absolute Gasteiger partial charge is 0.349 e. The predicted molar refractivity (Wildman–Crippen MR) is 125 cm³/mol. The summed E-state index contributed by atoms with van der Waals surface area (Å²) in [5.41, 5.74) is 4.44. The first kappa shape index (κ1) is 20.9. The lowest BCUT2D eigenvalue weighted by molar-refractivity contribution is -0.696. The van der Waals surface area contributed by atoms with E-state index in [1.807, 2.05) is 0 Å². The Labute approximate surface area is 185 Å². The number of aromatic nitrogens is 4. The highest BCUT2D eigenvalue weighted by Crippen LogP contribution is 2.27. The van der Waals surface area contributed by atoms with Gasteiger partial charge in [-0.15, -0.1) is 0 Å². The molecule has 0 saturated heterocycles. The molecule has 4 rings (SSSR count). The molecule has 0 radical (unpaired) electrons. The molecule has 160 valence electrons. The van der Waals surface area contributed by atoms with Gasteiger partial charge in [0.05, 0.1) is 24.5 Å². The molecule has 1 N–H and O–H groups in total. The molecule has 0 aliphatic heterocycles. The van der Waals surface area contributed by atoms with E-state index in [-0.39, 0.29) is 0 Å². The smallest absolute Gasteiger partial charge is 0.249 e. The van der Waals surface area contributed by atoms with Gasteiger partial charge in [-0.1, -0.05) is 51.0 Å². The van der Waals surface area contributed by atoms with Gasteiger partial charge in [-0.05, 0) is 37.1 Å². The van der Waals surface area contributed by atoms with Crippen LogP contribution in [0.25, 0.3) is 11.4 Å². The molecule has 0 aliphatic rings. The molecule has 0 aliphatic carbocycles. The first-order valence-corrected chi connectivity index (χ1v) is 11.4. The van der Waals surface area contributed by atoms with Crippen LogP contribution in [0.2, 0.25) is 0 Å². The van der Waals surface area contributed by atoms with Crippen molar-refractivity contribution in [3.8, 4) is 11.4 Å². The second kappa shape index (κ2) is 10.1. The minimum Gasteiger partial charge on any atom is -0.349 e. The number of nitrogens with zero attached hydrogens (tertiary/aromatic N) is 4. The fraction of sp³-hybridized carbons (Fsp3) is 0.308. The van der Waals surface area contributed by atoms with Gasteiger partial charge in [0, 0.05) is 0 Å². The normalized spacial score (nSPS) is 11.0. The molecule has 5 heteroatoms. The zero-order valence-corrected chi connectivity index (χ0v) is 18.6. The zero-order chi connectivity index (χ0) is 21.5. The van der Waals surface area contributed by atoms with Gasteiger partial charge in [-0.2, -0.15) is 0 Å². The molecule has 0 amide bonds. The van der Waals surface area contributed by atoms with E-state index in [0.717, 1.165) is 35.8 Å². The third kappa shape index (κ3) is 5.05. The van der Waals surface area contributed by atoms with E-state index in [1.54, 1.807) is 0 Å². The van der Waals surface area contributed by atoms with E-state index in [9.17, 15) is 0 Å². The SMILES string of the molecule is CCCC[n+]1ccn(-c2ccccc2Nc2ccccc2-n2cc[n+](CCCC)c2)c1. The van der Waals surface area contributed by atoms with Crippen molar-refractivity contribution < 1.29 is 9.13 Å². The average Bonchev–Trinajstić information content (AvgIpc) is 3.47. The number of nitrogens with one attached hydrogen (secondary N) is 1. The summed E-state index contributed by atoms with van der Waals surface area (Å²) in [5, 5.41) is 3.68. The second-order valence-electron chi connectivity index (χ2n) is 7.98. The minimum absolute atomic E-state index is 1.05. The Morgan fingerprint density at radius 2 is 1.13 bits per heavy atom. The van der Waals surface area contributed by atoms with E-state index in [4.69, 9.17) is 0 Å². The lowest BCUT2D eigenvalue weighted by Crippen LogP contribution is -2.30. The standard InChI is InChI=1S/C26H33N5/c1-3-5-15-28-17-19-30(21-28)25-13-9-7-11-23(25)27-24-12-8-10-14-26(24)31-20-18-29(22-31)16-6-4-2/h7-14,17-22,27H,3-6,15-16H2,1-2H3/q+2. The van der Waals surface area contributed by atoms with Crippen molar-refractivity contribution in [2.45, 2.75) is 52.6 Å². The maximum atomic E-state index is 3.68. The molecule has 0 bridgehead atoms. The maximum Gasteiger partial charge on any atom is 0.249 e. The van der Waals surface area contributed by atoms with E-state index in [2.05, 4.69) is 123 Å². The lowest BCUT2D eigenvalue weighted by Gasteiger charge is -2.11. The molecule has 4 aromatic rings. The molecular formula is C26H33N5+2. The maximum absolute atomic E-state index is 3.68. The fourth-order valence-electron chi connectivity index (χ4n) is 3.77. The molecule has 0 fully saturated rings. The molecule has 31 heavy (non-hydrogen) atoms. The van der Waals surface area contributed by atoms with Crippen LogP contribution in [0, 0.1) is 0 Å². The van der Waals surface area contributed by atoms with Crippen LogP contribution in [-0.4, -0.2) is 9.13 Å². The van der Waals surface area contributed by atoms with Gasteiger partial charge in [0.2, 0.25) is 12.7 Å². The number of para-hydroxylation sites is 4. The van der Waals surface area contributed by atoms with Crippen LogP contribution in [0.1, 0.15) is 39.5 Å². The van der Waals surface area contributed by atoms with Gasteiger partial charge in [0.15, 0.2) is 11.4 Å². The Bertz CT molecular complexity index is 1020. The van der Waals surface area contributed by atoms with Gasteiger partial charge >= 0.3 is 0 Å². The van der Waals surface area contributed by atoms with Gasteiger partial charge in [-0.25, -0.2) is 18.3 Å². The number of rotatable bonds is 10. The Morgan fingerprint density at radius 3 is 1.58 bits per heavy atom. The molecule has 5 nitrogen and oxygen atoms in total. The first-order valence-electron chi connectivity index (χ1n) is 11.4. The Kier molecular flexibility index (Phi) is 6.82. The van der Waals surface area contributed by atoms with Crippen molar-refractivity contribution in [2.75, 3.05) is 5.32 Å². The van der Waals surface area contributed by atoms with E-state index < -0.39 is 0 Å². The predicted octanol–water partition coefficient (Wildman–Crippen LogP) is 5.19. The van der Waals surface area contributed by atoms with Crippen LogP contribution < -0.4 is 14.5 Å². The van der Waals surface area contributed by atoms with Crippen molar-refractivity contribution in [1.29, 1.82) is 0 Å². The topological polar surface area (TPSA) is 29.6 Å². The second-order valence-corrected chi connectivity index (χ2v) is 7.98. The summed E-state index contributed by atoms with van der Waals surface area (Å²) in [7, 11) is 0. The Balaban J connectivity index is 1.61. The molecule has 2 aromatic heterocycles. The Morgan fingerprint density at radius 1 is 0.677 bits per heavy atom. The number of imidazole rings is 2.